The highest BCUT2D eigenvalue weighted by Gasteiger charge is 2.12. The number of halogens is 1. The molecular weight excluding hydrogens is 366 g/mol. The van der Waals surface area contributed by atoms with E-state index in [0.29, 0.717) is 22.3 Å². The van der Waals surface area contributed by atoms with Crippen LogP contribution in [0.1, 0.15) is 31.9 Å². The molecule has 0 aliphatic carbocycles. The Labute approximate surface area is 162 Å². The second kappa shape index (κ2) is 7.94. The van der Waals surface area contributed by atoms with Gasteiger partial charge in [-0.2, -0.15) is 0 Å². The van der Waals surface area contributed by atoms with Crippen LogP contribution in [0.5, 0.6) is 5.75 Å². The fraction of sp³-hybridized carbons (Fsp3) is 0.190. The predicted octanol–water partition coefficient (Wildman–Crippen LogP) is 6.16. The second-order valence-corrected chi connectivity index (χ2v) is 7.63. The van der Waals surface area contributed by atoms with Gasteiger partial charge in [-0.15, -0.1) is 11.3 Å². The maximum atomic E-state index is 12.5. The number of benzene rings is 2. The average molecular weight is 386 g/mol. The topological polar surface area (TPSA) is 38.3 Å². The number of carbonyl (C=O) groups excluding carboxylic acids is 1. The first-order valence-corrected chi connectivity index (χ1v) is 9.53. The number of aryl methyl sites for hydroxylation is 3. The lowest BCUT2D eigenvalue weighted by molar-refractivity contribution is 0.103. The van der Waals surface area contributed by atoms with Crippen LogP contribution in [-0.2, 0) is 6.61 Å². The zero-order chi connectivity index (χ0) is 18.7. The minimum absolute atomic E-state index is 0.108. The maximum absolute atomic E-state index is 12.5. The van der Waals surface area contributed by atoms with Crippen LogP contribution in [0.15, 0.2) is 47.8 Å². The molecule has 0 saturated carbocycles. The zero-order valence-corrected chi connectivity index (χ0v) is 16.5. The molecule has 3 rings (SSSR count). The summed E-state index contributed by atoms with van der Waals surface area (Å²) in [5.41, 5.74) is 5.02. The molecule has 1 amide bonds. The van der Waals surface area contributed by atoms with Crippen molar-refractivity contribution in [2.75, 3.05) is 5.32 Å². The standard InChI is InChI=1S/C21H20ClNO2S/c1-13-4-6-15(3)18(8-13)23-21(24)20-10-16(12-26-20)11-25-19-9-14(2)5-7-17(19)22/h4-10,12H,11H2,1-3H3,(H,23,24). The molecule has 0 fully saturated rings. The van der Waals surface area contributed by atoms with Gasteiger partial charge in [0, 0.05) is 11.3 Å². The Morgan fingerprint density at radius 2 is 1.81 bits per heavy atom. The minimum Gasteiger partial charge on any atom is -0.487 e. The summed E-state index contributed by atoms with van der Waals surface area (Å²) in [5.74, 6) is 0.544. The number of carbonyl (C=O) groups is 1. The van der Waals surface area contributed by atoms with Crippen LogP contribution in [0.4, 0.5) is 5.69 Å². The molecule has 0 aliphatic heterocycles. The van der Waals surface area contributed by atoms with Crippen molar-refractivity contribution < 1.29 is 9.53 Å². The van der Waals surface area contributed by atoms with Gasteiger partial charge >= 0.3 is 0 Å². The quantitative estimate of drug-likeness (QED) is 0.571. The van der Waals surface area contributed by atoms with Crippen molar-refractivity contribution in [3.8, 4) is 5.75 Å². The summed E-state index contributed by atoms with van der Waals surface area (Å²) in [6.07, 6.45) is 0. The first-order chi connectivity index (χ1) is 12.4. The Balaban J connectivity index is 1.66. The Morgan fingerprint density at radius 1 is 1.08 bits per heavy atom. The number of amides is 1. The number of ether oxygens (including phenoxy) is 1. The summed E-state index contributed by atoms with van der Waals surface area (Å²) in [6, 6.07) is 13.5. The van der Waals surface area contributed by atoms with E-state index >= 15 is 0 Å². The van der Waals surface area contributed by atoms with E-state index in [9.17, 15) is 4.79 Å². The van der Waals surface area contributed by atoms with E-state index in [4.69, 9.17) is 16.3 Å². The Hall–Kier alpha value is -2.30. The zero-order valence-electron chi connectivity index (χ0n) is 14.9. The van der Waals surface area contributed by atoms with Crippen molar-refractivity contribution in [1.82, 2.24) is 0 Å². The van der Waals surface area contributed by atoms with Crippen molar-refractivity contribution >= 4 is 34.5 Å². The molecule has 0 bridgehead atoms. The largest absolute Gasteiger partial charge is 0.487 e. The molecule has 134 valence electrons. The van der Waals surface area contributed by atoms with Crippen molar-refractivity contribution in [1.29, 1.82) is 0 Å². The summed E-state index contributed by atoms with van der Waals surface area (Å²) < 4.78 is 5.79. The van der Waals surface area contributed by atoms with E-state index in [2.05, 4.69) is 5.32 Å². The average Bonchev–Trinajstić information content (AvgIpc) is 3.08. The molecule has 1 aromatic heterocycles. The normalized spacial score (nSPS) is 10.6. The number of thiophene rings is 1. The van der Waals surface area contributed by atoms with Crippen molar-refractivity contribution in [3.63, 3.8) is 0 Å². The predicted molar refractivity (Wildman–Crippen MR) is 109 cm³/mol. The van der Waals surface area contributed by atoms with Crippen LogP contribution in [-0.4, -0.2) is 5.91 Å². The SMILES string of the molecule is Cc1ccc(C)c(NC(=O)c2cc(COc3cc(C)ccc3Cl)cs2)c1. The molecule has 0 spiro atoms. The van der Waals surface area contributed by atoms with Crippen LogP contribution in [0.3, 0.4) is 0 Å². The molecule has 5 heteroatoms. The van der Waals surface area contributed by atoms with Gasteiger partial charge in [-0.1, -0.05) is 29.8 Å². The number of rotatable bonds is 5. The summed E-state index contributed by atoms with van der Waals surface area (Å²) >= 11 is 7.55. The van der Waals surface area contributed by atoms with Crippen LogP contribution >= 0.6 is 22.9 Å². The summed E-state index contributed by atoms with van der Waals surface area (Å²) in [4.78, 5) is 13.2. The fourth-order valence-electron chi connectivity index (χ4n) is 2.51. The lowest BCUT2D eigenvalue weighted by atomic mass is 10.1. The lowest BCUT2D eigenvalue weighted by Crippen LogP contribution is -2.11. The molecule has 0 radical (unpaired) electrons. The Kier molecular flexibility index (Phi) is 5.64. The van der Waals surface area contributed by atoms with Gasteiger partial charge in [0.2, 0.25) is 0 Å². The van der Waals surface area contributed by atoms with Crippen LogP contribution in [0, 0.1) is 20.8 Å². The van der Waals surface area contributed by atoms with E-state index in [1.165, 1.54) is 11.3 Å². The smallest absolute Gasteiger partial charge is 0.265 e. The third-order valence-electron chi connectivity index (χ3n) is 4.00. The van der Waals surface area contributed by atoms with Crippen LogP contribution in [0.25, 0.3) is 0 Å². The third kappa shape index (κ3) is 4.45. The van der Waals surface area contributed by atoms with Gasteiger partial charge in [-0.3, -0.25) is 4.79 Å². The van der Waals surface area contributed by atoms with E-state index in [1.807, 2.05) is 68.6 Å². The molecule has 3 nitrogen and oxygen atoms in total. The van der Waals surface area contributed by atoms with Crippen molar-refractivity contribution in [2.24, 2.45) is 0 Å². The fourth-order valence-corrected chi connectivity index (χ4v) is 3.47. The first-order valence-electron chi connectivity index (χ1n) is 8.27. The second-order valence-electron chi connectivity index (χ2n) is 6.31. The highest BCUT2D eigenvalue weighted by Crippen LogP contribution is 2.27. The molecule has 26 heavy (non-hydrogen) atoms. The van der Waals surface area contributed by atoms with Gasteiger partial charge in [0.05, 0.1) is 9.90 Å². The number of hydrogen-bond donors (Lipinski definition) is 1. The molecule has 0 saturated heterocycles. The maximum Gasteiger partial charge on any atom is 0.265 e. The van der Waals surface area contributed by atoms with Crippen molar-refractivity contribution in [2.45, 2.75) is 27.4 Å². The van der Waals surface area contributed by atoms with Crippen LogP contribution < -0.4 is 10.1 Å². The molecule has 1 heterocycles. The Bertz CT molecular complexity index is 949. The van der Waals surface area contributed by atoms with Crippen molar-refractivity contribution in [3.05, 3.63) is 80.0 Å². The molecule has 1 N–H and O–H groups in total. The molecule has 0 atom stereocenters. The number of nitrogens with one attached hydrogen (secondary N) is 1. The number of hydrogen-bond acceptors (Lipinski definition) is 3. The van der Waals surface area contributed by atoms with Crippen LogP contribution in [0.2, 0.25) is 5.02 Å². The minimum atomic E-state index is -0.108. The molecular formula is C21H20ClNO2S. The molecule has 0 unspecified atom stereocenters. The first kappa shape index (κ1) is 18.5. The molecule has 0 aliphatic rings. The van der Waals surface area contributed by atoms with E-state index in [0.717, 1.165) is 27.9 Å². The van der Waals surface area contributed by atoms with E-state index in [-0.39, 0.29) is 5.91 Å². The summed E-state index contributed by atoms with van der Waals surface area (Å²) in [6.45, 7) is 6.35. The summed E-state index contributed by atoms with van der Waals surface area (Å²) in [7, 11) is 0. The van der Waals surface area contributed by atoms with E-state index in [1.54, 1.807) is 0 Å². The monoisotopic (exact) mass is 385 g/mol. The van der Waals surface area contributed by atoms with Gasteiger partial charge in [-0.05, 0) is 67.1 Å². The van der Waals surface area contributed by atoms with Gasteiger partial charge in [0.15, 0.2) is 0 Å². The summed E-state index contributed by atoms with van der Waals surface area (Å²) in [5, 5.41) is 5.49. The van der Waals surface area contributed by atoms with Gasteiger partial charge < -0.3 is 10.1 Å². The number of anilines is 1. The van der Waals surface area contributed by atoms with Gasteiger partial charge in [-0.25, -0.2) is 0 Å². The highest BCUT2D eigenvalue weighted by molar-refractivity contribution is 7.12. The highest BCUT2D eigenvalue weighted by atomic mass is 35.5. The lowest BCUT2D eigenvalue weighted by Gasteiger charge is -2.08. The third-order valence-corrected chi connectivity index (χ3v) is 5.29. The van der Waals surface area contributed by atoms with E-state index < -0.39 is 0 Å². The van der Waals surface area contributed by atoms with Gasteiger partial charge in [0.1, 0.15) is 12.4 Å². The molecule has 3 aromatic rings. The Morgan fingerprint density at radius 3 is 2.62 bits per heavy atom. The van der Waals surface area contributed by atoms with Gasteiger partial charge in [0.25, 0.3) is 5.91 Å². The molecule has 2 aromatic carbocycles.